The van der Waals surface area contributed by atoms with Crippen LogP contribution in [-0.2, 0) is 14.4 Å². The molecule has 2 amide bonds. The van der Waals surface area contributed by atoms with Gasteiger partial charge in [-0.2, -0.15) is 0 Å². The standard InChI is InChI=1S/C16H26N2O4/c1-18(12-6-3-2-4-7-12)14(20)9-8-13(19)17-16(15(21)22)10-5-11-16/h12H,2-11H2,1H3,(H,17,19)(H,21,22). The normalized spacial score (nSPS) is 20.8. The Morgan fingerprint density at radius 3 is 2.23 bits per heavy atom. The Bertz CT molecular complexity index is 439. The SMILES string of the molecule is CN(C(=O)CCC(=O)NC1(C(=O)O)CCC1)C1CCCCC1. The molecule has 0 atom stereocenters. The average Bonchev–Trinajstić information content (AvgIpc) is 2.48. The second kappa shape index (κ2) is 7.11. The third-order valence-electron chi connectivity index (χ3n) is 5.08. The van der Waals surface area contributed by atoms with Crippen molar-refractivity contribution in [3.63, 3.8) is 0 Å². The van der Waals surface area contributed by atoms with Gasteiger partial charge in [0, 0.05) is 25.9 Å². The van der Waals surface area contributed by atoms with Crippen molar-refractivity contribution in [1.82, 2.24) is 10.2 Å². The monoisotopic (exact) mass is 310 g/mol. The van der Waals surface area contributed by atoms with Crippen LogP contribution >= 0.6 is 0 Å². The van der Waals surface area contributed by atoms with E-state index in [9.17, 15) is 19.5 Å². The summed E-state index contributed by atoms with van der Waals surface area (Å²) in [7, 11) is 1.81. The number of carboxylic acid groups (broad SMARTS) is 1. The summed E-state index contributed by atoms with van der Waals surface area (Å²) in [4.78, 5) is 37.0. The van der Waals surface area contributed by atoms with E-state index in [4.69, 9.17) is 0 Å². The van der Waals surface area contributed by atoms with E-state index >= 15 is 0 Å². The Balaban J connectivity index is 1.75. The molecule has 2 aliphatic carbocycles. The quantitative estimate of drug-likeness (QED) is 0.781. The molecule has 2 rings (SSSR count). The van der Waals surface area contributed by atoms with Crippen LogP contribution in [0.25, 0.3) is 0 Å². The van der Waals surface area contributed by atoms with Crippen LogP contribution in [0.5, 0.6) is 0 Å². The van der Waals surface area contributed by atoms with E-state index in [0.717, 1.165) is 32.1 Å². The van der Waals surface area contributed by atoms with Crippen LogP contribution in [0.4, 0.5) is 0 Å². The van der Waals surface area contributed by atoms with Gasteiger partial charge in [0.05, 0.1) is 0 Å². The van der Waals surface area contributed by atoms with Crippen molar-refractivity contribution in [2.24, 2.45) is 0 Å². The summed E-state index contributed by atoms with van der Waals surface area (Å²) in [6.45, 7) is 0. The Kier molecular flexibility index (Phi) is 5.42. The fourth-order valence-electron chi connectivity index (χ4n) is 3.32. The molecule has 6 heteroatoms. The summed E-state index contributed by atoms with van der Waals surface area (Å²) in [5.74, 6) is -1.34. The van der Waals surface area contributed by atoms with Gasteiger partial charge in [0.1, 0.15) is 5.54 Å². The number of carboxylic acids is 1. The molecule has 22 heavy (non-hydrogen) atoms. The zero-order valence-electron chi connectivity index (χ0n) is 13.3. The van der Waals surface area contributed by atoms with Crippen molar-refractivity contribution in [3.05, 3.63) is 0 Å². The van der Waals surface area contributed by atoms with Crippen molar-refractivity contribution in [1.29, 1.82) is 0 Å². The fraction of sp³-hybridized carbons (Fsp3) is 0.812. The predicted molar refractivity (Wildman–Crippen MR) is 81.2 cm³/mol. The number of carbonyl (C=O) groups is 3. The molecule has 0 saturated heterocycles. The Morgan fingerprint density at radius 2 is 1.73 bits per heavy atom. The van der Waals surface area contributed by atoms with E-state index in [2.05, 4.69) is 5.32 Å². The van der Waals surface area contributed by atoms with Gasteiger partial charge in [0.15, 0.2) is 0 Å². The first-order valence-electron chi connectivity index (χ1n) is 8.25. The van der Waals surface area contributed by atoms with Crippen LogP contribution in [0.3, 0.4) is 0 Å². The van der Waals surface area contributed by atoms with E-state index in [1.54, 1.807) is 11.9 Å². The van der Waals surface area contributed by atoms with Gasteiger partial charge in [-0.15, -0.1) is 0 Å². The molecule has 0 aromatic carbocycles. The number of hydrogen-bond acceptors (Lipinski definition) is 3. The maximum absolute atomic E-state index is 12.2. The lowest BCUT2D eigenvalue weighted by atomic mass is 9.76. The summed E-state index contributed by atoms with van der Waals surface area (Å²) >= 11 is 0. The van der Waals surface area contributed by atoms with Gasteiger partial charge in [0.2, 0.25) is 11.8 Å². The van der Waals surface area contributed by atoms with Crippen molar-refractivity contribution in [2.45, 2.75) is 75.8 Å². The van der Waals surface area contributed by atoms with Crippen LogP contribution in [0.2, 0.25) is 0 Å². The highest BCUT2D eigenvalue weighted by atomic mass is 16.4. The summed E-state index contributed by atoms with van der Waals surface area (Å²) in [5.41, 5.74) is -1.09. The van der Waals surface area contributed by atoms with Gasteiger partial charge in [-0.25, -0.2) is 4.79 Å². The molecule has 0 radical (unpaired) electrons. The molecule has 2 saturated carbocycles. The molecule has 0 bridgehead atoms. The topological polar surface area (TPSA) is 86.7 Å². The third kappa shape index (κ3) is 3.78. The second-order valence-corrected chi connectivity index (χ2v) is 6.59. The zero-order chi connectivity index (χ0) is 16.2. The second-order valence-electron chi connectivity index (χ2n) is 6.59. The summed E-state index contributed by atoms with van der Waals surface area (Å²) in [6, 6.07) is 0.293. The lowest BCUT2D eigenvalue weighted by molar-refractivity contribution is -0.151. The molecule has 0 spiro atoms. The van der Waals surface area contributed by atoms with Crippen LogP contribution in [0.1, 0.15) is 64.2 Å². The minimum atomic E-state index is -1.09. The Labute approximate surface area is 131 Å². The van der Waals surface area contributed by atoms with E-state index in [0.29, 0.717) is 18.9 Å². The molecule has 6 nitrogen and oxygen atoms in total. The molecule has 0 aromatic rings. The van der Waals surface area contributed by atoms with Crippen LogP contribution in [-0.4, -0.2) is 46.4 Å². The van der Waals surface area contributed by atoms with E-state index in [1.807, 2.05) is 0 Å². The maximum Gasteiger partial charge on any atom is 0.329 e. The number of nitrogens with one attached hydrogen (secondary N) is 1. The number of carbonyl (C=O) groups excluding carboxylic acids is 2. The molecule has 2 aliphatic rings. The molecule has 0 aromatic heterocycles. The van der Waals surface area contributed by atoms with Crippen molar-refractivity contribution < 1.29 is 19.5 Å². The molecule has 2 fully saturated rings. The van der Waals surface area contributed by atoms with Gasteiger partial charge >= 0.3 is 5.97 Å². The Morgan fingerprint density at radius 1 is 1.09 bits per heavy atom. The van der Waals surface area contributed by atoms with Gasteiger partial charge in [-0.05, 0) is 32.1 Å². The first-order valence-corrected chi connectivity index (χ1v) is 8.25. The number of aliphatic carboxylic acids is 1. The highest BCUT2D eigenvalue weighted by molar-refractivity contribution is 5.89. The maximum atomic E-state index is 12.2. The summed E-state index contributed by atoms with van der Waals surface area (Å²) in [6.07, 6.45) is 7.60. The van der Waals surface area contributed by atoms with Crippen LogP contribution < -0.4 is 5.32 Å². The largest absolute Gasteiger partial charge is 0.480 e. The zero-order valence-corrected chi connectivity index (χ0v) is 13.3. The summed E-state index contributed by atoms with van der Waals surface area (Å²) < 4.78 is 0. The lowest BCUT2D eigenvalue weighted by Gasteiger charge is -2.38. The Hall–Kier alpha value is -1.59. The summed E-state index contributed by atoms with van der Waals surface area (Å²) in [5, 5.41) is 11.8. The van der Waals surface area contributed by atoms with Gasteiger partial charge in [-0.1, -0.05) is 19.3 Å². The average molecular weight is 310 g/mol. The molecule has 0 aliphatic heterocycles. The molecule has 124 valence electrons. The van der Waals surface area contributed by atoms with Gasteiger partial charge in [-0.3, -0.25) is 9.59 Å². The molecular weight excluding hydrogens is 284 g/mol. The highest BCUT2D eigenvalue weighted by Crippen LogP contribution is 2.32. The van der Waals surface area contributed by atoms with Gasteiger partial charge < -0.3 is 15.3 Å². The number of amides is 2. The van der Waals surface area contributed by atoms with E-state index in [-0.39, 0.29) is 24.7 Å². The smallest absolute Gasteiger partial charge is 0.329 e. The first-order chi connectivity index (χ1) is 10.4. The fourth-order valence-corrected chi connectivity index (χ4v) is 3.32. The molecule has 2 N–H and O–H groups in total. The number of rotatable bonds is 6. The first kappa shape index (κ1) is 16.8. The minimum absolute atomic E-state index is 0.0277. The molecule has 0 heterocycles. The minimum Gasteiger partial charge on any atom is -0.480 e. The molecule has 0 unspecified atom stereocenters. The predicted octanol–water partition coefficient (Wildman–Crippen LogP) is 1.68. The van der Waals surface area contributed by atoms with E-state index in [1.165, 1.54) is 6.42 Å². The van der Waals surface area contributed by atoms with Crippen molar-refractivity contribution in [3.8, 4) is 0 Å². The van der Waals surface area contributed by atoms with Gasteiger partial charge in [0.25, 0.3) is 0 Å². The number of hydrogen-bond donors (Lipinski definition) is 2. The van der Waals surface area contributed by atoms with Crippen molar-refractivity contribution >= 4 is 17.8 Å². The van der Waals surface area contributed by atoms with Crippen LogP contribution in [0, 0.1) is 0 Å². The van der Waals surface area contributed by atoms with Crippen LogP contribution in [0.15, 0.2) is 0 Å². The molecular formula is C16H26N2O4. The third-order valence-corrected chi connectivity index (χ3v) is 5.08. The van der Waals surface area contributed by atoms with Crippen molar-refractivity contribution in [2.75, 3.05) is 7.05 Å². The van der Waals surface area contributed by atoms with E-state index < -0.39 is 11.5 Å². The number of nitrogens with zero attached hydrogens (tertiary/aromatic N) is 1. The lowest BCUT2D eigenvalue weighted by Crippen LogP contribution is -2.59. The highest BCUT2D eigenvalue weighted by Gasteiger charge is 2.45.